The van der Waals surface area contributed by atoms with Crippen LogP contribution in [0.2, 0.25) is 0 Å². The van der Waals surface area contributed by atoms with Crippen molar-refractivity contribution >= 4 is 11.9 Å². The molecule has 0 spiro atoms. The van der Waals surface area contributed by atoms with Crippen LogP contribution in [0.25, 0.3) is 0 Å². The van der Waals surface area contributed by atoms with E-state index < -0.39 is 18.1 Å². The molecule has 0 aliphatic heterocycles. The van der Waals surface area contributed by atoms with Crippen LogP contribution < -0.4 is 5.73 Å². The maximum Gasteiger partial charge on any atom is 0.326 e. The van der Waals surface area contributed by atoms with Crippen molar-refractivity contribution in [1.29, 1.82) is 0 Å². The number of carboxylic acids is 1. The molecule has 3 N–H and O–H groups in total. The van der Waals surface area contributed by atoms with Gasteiger partial charge >= 0.3 is 5.97 Å². The highest BCUT2D eigenvalue weighted by molar-refractivity contribution is 5.86. The van der Waals surface area contributed by atoms with Crippen molar-refractivity contribution in [2.75, 3.05) is 7.05 Å². The third kappa shape index (κ3) is 3.56. The number of rotatable bonds is 5. The van der Waals surface area contributed by atoms with Crippen LogP contribution in [-0.4, -0.2) is 41.0 Å². The zero-order chi connectivity index (χ0) is 13.7. The van der Waals surface area contributed by atoms with Crippen molar-refractivity contribution in [1.82, 2.24) is 4.90 Å². The fourth-order valence-electron chi connectivity index (χ4n) is 1.57. The topological polar surface area (TPSA) is 83.6 Å². The first-order chi connectivity index (χ1) is 8.43. The Morgan fingerprint density at radius 3 is 2.39 bits per heavy atom. The SMILES string of the molecule is CC(C(=O)O)N(C)C(=O)[C@@H](N)Cc1ccccc1. The van der Waals surface area contributed by atoms with Crippen LogP contribution in [0.1, 0.15) is 12.5 Å². The van der Waals surface area contributed by atoms with Crippen LogP contribution in [0.4, 0.5) is 0 Å². The monoisotopic (exact) mass is 250 g/mol. The summed E-state index contributed by atoms with van der Waals surface area (Å²) in [6.45, 7) is 1.45. The molecular formula is C13H18N2O3. The summed E-state index contributed by atoms with van der Waals surface area (Å²) in [7, 11) is 1.45. The molecule has 0 saturated heterocycles. The van der Waals surface area contributed by atoms with Gasteiger partial charge in [-0.05, 0) is 18.9 Å². The zero-order valence-electron chi connectivity index (χ0n) is 10.5. The van der Waals surface area contributed by atoms with Gasteiger partial charge in [0.1, 0.15) is 6.04 Å². The number of benzene rings is 1. The molecule has 1 amide bonds. The van der Waals surface area contributed by atoms with E-state index in [1.807, 2.05) is 30.3 Å². The molecule has 0 aromatic heterocycles. The third-order valence-electron chi connectivity index (χ3n) is 2.90. The number of hydrogen-bond donors (Lipinski definition) is 2. The highest BCUT2D eigenvalue weighted by Gasteiger charge is 2.25. The van der Waals surface area contributed by atoms with Gasteiger partial charge in [-0.15, -0.1) is 0 Å². The van der Waals surface area contributed by atoms with Crippen LogP contribution >= 0.6 is 0 Å². The molecule has 1 aromatic carbocycles. The normalized spacial score (nSPS) is 13.7. The Kier molecular flexibility index (Phi) is 4.85. The van der Waals surface area contributed by atoms with Crippen molar-refractivity contribution in [2.45, 2.75) is 25.4 Å². The van der Waals surface area contributed by atoms with E-state index >= 15 is 0 Å². The van der Waals surface area contributed by atoms with Crippen molar-refractivity contribution in [3.63, 3.8) is 0 Å². The minimum atomic E-state index is -1.04. The van der Waals surface area contributed by atoms with Gasteiger partial charge in [-0.3, -0.25) is 4.79 Å². The van der Waals surface area contributed by atoms with Gasteiger partial charge in [-0.2, -0.15) is 0 Å². The van der Waals surface area contributed by atoms with E-state index in [-0.39, 0.29) is 5.91 Å². The first-order valence-corrected chi connectivity index (χ1v) is 5.72. The number of amides is 1. The van der Waals surface area contributed by atoms with Crippen molar-refractivity contribution in [2.24, 2.45) is 5.73 Å². The van der Waals surface area contributed by atoms with Gasteiger partial charge in [0, 0.05) is 7.05 Å². The van der Waals surface area contributed by atoms with Crippen LogP contribution in [0.3, 0.4) is 0 Å². The molecule has 0 fully saturated rings. The lowest BCUT2D eigenvalue weighted by molar-refractivity contribution is -0.148. The number of nitrogens with zero attached hydrogens (tertiary/aromatic N) is 1. The van der Waals surface area contributed by atoms with Gasteiger partial charge in [0.25, 0.3) is 0 Å². The molecule has 0 radical (unpaired) electrons. The molecule has 0 saturated carbocycles. The van der Waals surface area contributed by atoms with Crippen molar-refractivity contribution < 1.29 is 14.7 Å². The van der Waals surface area contributed by atoms with E-state index in [4.69, 9.17) is 10.8 Å². The second-order valence-electron chi connectivity index (χ2n) is 4.26. The van der Waals surface area contributed by atoms with Gasteiger partial charge < -0.3 is 15.7 Å². The Hall–Kier alpha value is -1.88. The fourth-order valence-corrected chi connectivity index (χ4v) is 1.57. The zero-order valence-corrected chi connectivity index (χ0v) is 10.5. The number of carbonyl (C=O) groups excluding carboxylic acids is 1. The summed E-state index contributed by atoms with van der Waals surface area (Å²) >= 11 is 0. The van der Waals surface area contributed by atoms with Gasteiger partial charge in [0.05, 0.1) is 6.04 Å². The Morgan fingerprint density at radius 1 is 1.33 bits per heavy atom. The number of hydrogen-bond acceptors (Lipinski definition) is 3. The molecule has 1 unspecified atom stereocenters. The quantitative estimate of drug-likeness (QED) is 0.796. The van der Waals surface area contributed by atoms with Crippen molar-refractivity contribution in [3.05, 3.63) is 35.9 Å². The molecule has 0 aliphatic carbocycles. The minimum absolute atomic E-state index is 0.367. The number of carbonyl (C=O) groups is 2. The molecule has 18 heavy (non-hydrogen) atoms. The Labute approximate surface area is 106 Å². The molecule has 98 valence electrons. The lowest BCUT2D eigenvalue weighted by Crippen LogP contribution is -2.49. The van der Waals surface area contributed by atoms with Crippen LogP contribution in [-0.2, 0) is 16.0 Å². The Balaban J connectivity index is 2.64. The standard InChI is InChI=1S/C13H18N2O3/c1-9(13(17)18)15(2)12(16)11(14)8-10-6-4-3-5-7-10/h3-7,9,11H,8,14H2,1-2H3,(H,17,18)/t9?,11-/m0/s1. The molecule has 2 atom stereocenters. The van der Waals surface area contributed by atoms with E-state index in [9.17, 15) is 9.59 Å². The predicted molar refractivity (Wildman–Crippen MR) is 68.0 cm³/mol. The van der Waals surface area contributed by atoms with E-state index in [1.54, 1.807) is 0 Å². The summed E-state index contributed by atoms with van der Waals surface area (Å²) in [6, 6.07) is 7.79. The molecule has 5 nitrogen and oxygen atoms in total. The maximum atomic E-state index is 11.9. The average molecular weight is 250 g/mol. The Bertz CT molecular complexity index is 420. The fraction of sp³-hybridized carbons (Fsp3) is 0.385. The molecule has 1 aromatic rings. The van der Waals surface area contributed by atoms with Gasteiger partial charge in [-0.1, -0.05) is 30.3 Å². The molecule has 0 heterocycles. The van der Waals surface area contributed by atoms with E-state index in [0.29, 0.717) is 6.42 Å². The van der Waals surface area contributed by atoms with Gasteiger partial charge in [0.2, 0.25) is 5.91 Å². The second kappa shape index (κ2) is 6.16. The predicted octanol–water partition coefficient (Wildman–Crippen LogP) is 0.488. The summed E-state index contributed by atoms with van der Waals surface area (Å²) in [6.07, 6.45) is 0.399. The third-order valence-corrected chi connectivity index (χ3v) is 2.90. The summed E-state index contributed by atoms with van der Waals surface area (Å²) in [5.41, 5.74) is 6.76. The van der Waals surface area contributed by atoms with Crippen LogP contribution in [0, 0.1) is 0 Å². The summed E-state index contributed by atoms with van der Waals surface area (Å²) in [5, 5.41) is 8.84. The molecule has 0 bridgehead atoms. The number of nitrogens with two attached hydrogens (primary N) is 1. The lowest BCUT2D eigenvalue weighted by Gasteiger charge is -2.24. The first-order valence-electron chi connectivity index (χ1n) is 5.72. The minimum Gasteiger partial charge on any atom is -0.480 e. The van der Waals surface area contributed by atoms with Crippen LogP contribution in [0.15, 0.2) is 30.3 Å². The van der Waals surface area contributed by atoms with Gasteiger partial charge in [0.15, 0.2) is 0 Å². The summed E-state index contributed by atoms with van der Waals surface area (Å²) in [4.78, 5) is 23.9. The highest BCUT2D eigenvalue weighted by atomic mass is 16.4. The smallest absolute Gasteiger partial charge is 0.326 e. The first kappa shape index (κ1) is 14.2. The van der Waals surface area contributed by atoms with E-state index in [0.717, 1.165) is 10.5 Å². The molecule has 1 rings (SSSR count). The van der Waals surface area contributed by atoms with E-state index in [1.165, 1.54) is 14.0 Å². The largest absolute Gasteiger partial charge is 0.480 e. The highest BCUT2D eigenvalue weighted by Crippen LogP contribution is 2.05. The van der Waals surface area contributed by atoms with Crippen molar-refractivity contribution in [3.8, 4) is 0 Å². The molecule has 0 aliphatic rings. The second-order valence-corrected chi connectivity index (χ2v) is 4.26. The van der Waals surface area contributed by atoms with Gasteiger partial charge in [-0.25, -0.2) is 4.79 Å². The maximum absolute atomic E-state index is 11.9. The molecular weight excluding hydrogens is 232 g/mol. The Morgan fingerprint density at radius 2 is 1.89 bits per heavy atom. The van der Waals surface area contributed by atoms with Crippen LogP contribution in [0.5, 0.6) is 0 Å². The number of likely N-dealkylation sites (N-methyl/N-ethyl adjacent to an activating group) is 1. The average Bonchev–Trinajstić information content (AvgIpc) is 2.37. The number of aliphatic carboxylic acids is 1. The summed E-state index contributed by atoms with van der Waals surface area (Å²) < 4.78 is 0. The molecule has 5 heteroatoms. The lowest BCUT2D eigenvalue weighted by atomic mass is 10.1. The number of carboxylic acid groups (broad SMARTS) is 1. The summed E-state index contributed by atoms with van der Waals surface area (Å²) in [5.74, 6) is -1.41. The van der Waals surface area contributed by atoms with E-state index in [2.05, 4.69) is 0 Å².